The van der Waals surface area contributed by atoms with E-state index in [4.69, 9.17) is 9.72 Å². The third-order valence-electron chi connectivity index (χ3n) is 3.56. The smallest absolute Gasteiger partial charge is 0.145 e. The summed E-state index contributed by atoms with van der Waals surface area (Å²) in [6, 6.07) is 6.16. The van der Waals surface area contributed by atoms with Gasteiger partial charge in [0.15, 0.2) is 0 Å². The second-order valence-electron chi connectivity index (χ2n) is 4.60. The highest BCUT2D eigenvalue weighted by Crippen LogP contribution is 2.36. The van der Waals surface area contributed by atoms with Crippen LogP contribution in [0.25, 0.3) is 10.9 Å². The number of fused-ring (bicyclic) bond motifs is 2. The summed E-state index contributed by atoms with van der Waals surface area (Å²) in [5.41, 5.74) is 4.84. The Bertz CT molecular complexity index is 593. The number of nitrogens with zero attached hydrogens (tertiary/aromatic N) is 1. The fraction of sp³-hybridized carbons (Fsp3) is 0.400. The number of rotatable bonds is 3. The third-order valence-corrected chi connectivity index (χ3v) is 3.56. The molecule has 18 heavy (non-hydrogen) atoms. The molecule has 0 spiro atoms. The number of hydrogen-bond acceptors (Lipinski definition) is 3. The molecule has 3 rings (SSSR count). The van der Waals surface area contributed by atoms with Crippen LogP contribution in [-0.2, 0) is 12.8 Å². The first-order valence-electron chi connectivity index (χ1n) is 6.60. The van der Waals surface area contributed by atoms with Crippen LogP contribution >= 0.6 is 0 Å². The third kappa shape index (κ3) is 1.62. The summed E-state index contributed by atoms with van der Waals surface area (Å²) in [4.78, 5) is 4.82. The van der Waals surface area contributed by atoms with Gasteiger partial charge in [0.25, 0.3) is 0 Å². The molecule has 94 valence electrons. The predicted molar refractivity (Wildman–Crippen MR) is 74.5 cm³/mol. The van der Waals surface area contributed by atoms with Crippen LogP contribution in [0.1, 0.15) is 24.6 Å². The fourth-order valence-corrected chi connectivity index (χ4v) is 2.81. The van der Waals surface area contributed by atoms with Gasteiger partial charge in [0, 0.05) is 23.8 Å². The van der Waals surface area contributed by atoms with Crippen LogP contribution in [-0.4, -0.2) is 18.6 Å². The summed E-state index contributed by atoms with van der Waals surface area (Å²) in [6.45, 7) is 2.68. The molecule has 0 unspecified atom stereocenters. The fourth-order valence-electron chi connectivity index (χ4n) is 2.81. The zero-order valence-corrected chi connectivity index (χ0v) is 10.9. The molecule has 1 aromatic heterocycles. The summed E-state index contributed by atoms with van der Waals surface area (Å²) in [5.74, 6) is 0.890. The zero-order valence-electron chi connectivity index (χ0n) is 10.9. The lowest BCUT2D eigenvalue weighted by Gasteiger charge is -2.14. The second-order valence-corrected chi connectivity index (χ2v) is 4.60. The lowest BCUT2D eigenvalue weighted by atomic mass is 10.1. The largest absolute Gasteiger partial charge is 0.492 e. The van der Waals surface area contributed by atoms with E-state index in [1.165, 1.54) is 28.8 Å². The molecule has 3 nitrogen and oxygen atoms in total. The first kappa shape index (κ1) is 11.3. The number of ether oxygens (including phenoxy) is 1. The van der Waals surface area contributed by atoms with Gasteiger partial charge in [-0.25, -0.2) is 4.98 Å². The average Bonchev–Trinajstić information content (AvgIpc) is 2.85. The molecule has 3 heteroatoms. The summed E-state index contributed by atoms with van der Waals surface area (Å²) < 4.78 is 5.69. The molecular formula is C15H18N2O. The topological polar surface area (TPSA) is 34.1 Å². The van der Waals surface area contributed by atoms with Gasteiger partial charge in [0.05, 0.1) is 6.61 Å². The van der Waals surface area contributed by atoms with E-state index in [9.17, 15) is 0 Å². The lowest BCUT2D eigenvalue weighted by molar-refractivity contribution is 0.343. The number of para-hydroxylation sites is 1. The Morgan fingerprint density at radius 1 is 1.33 bits per heavy atom. The van der Waals surface area contributed by atoms with Crippen molar-refractivity contribution in [2.45, 2.75) is 26.2 Å². The quantitative estimate of drug-likeness (QED) is 0.897. The molecule has 0 fully saturated rings. The van der Waals surface area contributed by atoms with Gasteiger partial charge in [-0.1, -0.05) is 12.1 Å². The molecule has 1 aromatic carbocycles. The van der Waals surface area contributed by atoms with Gasteiger partial charge in [0.1, 0.15) is 11.3 Å². The molecule has 1 heterocycles. The van der Waals surface area contributed by atoms with E-state index in [0.29, 0.717) is 6.61 Å². The molecule has 0 amide bonds. The Balaban J connectivity index is 2.31. The minimum Gasteiger partial charge on any atom is -0.492 e. The maximum Gasteiger partial charge on any atom is 0.145 e. The molecular weight excluding hydrogens is 224 g/mol. The highest BCUT2D eigenvalue weighted by atomic mass is 16.5. The van der Waals surface area contributed by atoms with Crippen LogP contribution in [0, 0.1) is 0 Å². The van der Waals surface area contributed by atoms with Crippen LogP contribution in [0.2, 0.25) is 0 Å². The Labute approximate surface area is 107 Å². The number of aromatic nitrogens is 1. The Kier molecular flexibility index (Phi) is 2.82. The van der Waals surface area contributed by atoms with Gasteiger partial charge < -0.3 is 10.1 Å². The van der Waals surface area contributed by atoms with Crippen molar-refractivity contribution in [1.29, 1.82) is 0 Å². The van der Waals surface area contributed by atoms with Crippen molar-refractivity contribution in [1.82, 2.24) is 4.98 Å². The molecule has 0 saturated carbocycles. The molecule has 0 bridgehead atoms. The van der Waals surface area contributed by atoms with Gasteiger partial charge in [-0.05, 0) is 37.8 Å². The number of nitrogens with one attached hydrogen (secondary N) is 1. The molecule has 0 aliphatic heterocycles. The molecule has 1 N–H and O–H groups in total. The molecule has 0 radical (unpaired) electrons. The molecule has 1 aliphatic carbocycles. The number of pyridine rings is 1. The number of anilines is 1. The maximum absolute atomic E-state index is 5.69. The minimum atomic E-state index is 0.673. The van der Waals surface area contributed by atoms with Gasteiger partial charge in [-0.3, -0.25) is 0 Å². The van der Waals surface area contributed by atoms with Crippen molar-refractivity contribution in [3.05, 3.63) is 29.5 Å². The second kappa shape index (κ2) is 4.48. The molecule has 1 aliphatic rings. The Morgan fingerprint density at radius 2 is 2.22 bits per heavy atom. The van der Waals surface area contributed by atoms with Gasteiger partial charge in [-0.15, -0.1) is 0 Å². The first-order valence-corrected chi connectivity index (χ1v) is 6.60. The maximum atomic E-state index is 5.69. The van der Waals surface area contributed by atoms with E-state index >= 15 is 0 Å². The van der Waals surface area contributed by atoms with E-state index in [0.717, 1.165) is 24.1 Å². The van der Waals surface area contributed by atoms with E-state index in [1.54, 1.807) is 0 Å². The number of hydrogen-bond donors (Lipinski definition) is 1. The van der Waals surface area contributed by atoms with Gasteiger partial charge in [0.2, 0.25) is 0 Å². The van der Waals surface area contributed by atoms with Crippen molar-refractivity contribution in [3.63, 3.8) is 0 Å². The van der Waals surface area contributed by atoms with Crippen LogP contribution in [0.4, 0.5) is 5.69 Å². The van der Waals surface area contributed by atoms with Gasteiger partial charge >= 0.3 is 0 Å². The Hall–Kier alpha value is -1.77. The van der Waals surface area contributed by atoms with E-state index < -0.39 is 0 Å². The normalized spacial score (nSPS) is 13.7. The zero-order chi connectivity index (χ0) is 12.5. The van der Waals surface area contributed by atoms with Crippen molar-refractivity contribution < 1.29 is 4.74 Å². The summed E-state index contributed by atoms with van der Waals surface area (Å²) >= 11 is 0. The monoisotopic (exact) mass is 242 g/mol. The van der Waals surface area contributed by atoms with Crippen molar-refractivity contribution >= 4 is 16.6 Å². The van der Waals surface area contributed by atoms with E-state index in [2.05, 4.69) is 11.4 Å². The van der Waals surface area contributed by atoms with Crippen molar-refractivity contribution in [3.8, 4) is 5.75 Å². The van der Waals surface area contributed by atoms with Gasteiger partial charge in [-0.2, -0.15) is 0 Å². The molecule has 0 saturated heterocycles. The van der Waals surface area contributed by atoms with Crippen LogP contribution in [0.15, 0.2) is 18.2 Å². The highest BCUT2D eigenvalue weighted by molar-refractivity contribution is 5.97. The molecule has 0 atom stereocenters. The summed E-state index contributed by atoms with van der Waals surface area (Å²) in [5, 5.41) is 4.51. The predicted octanol–water partition coefficient (Wildman–Crippen LogP) is 3.16. The first-order chi connectivity index (χ1) is 8.85. The highest BCUT2D eigenvalue weighted by Gasteiger charge is 2.20. The number of aryl methyl sites for hydroxylation is 1. The Morgan fingerprint density at radius 3 is 3.00 bits per heavy atom. The molecule has 2 aromatic rings. The van der Waals surface area contributed by atoms with Crippen LogP contribution < -0.4 is 10.1 Å². The van der Waals surface area contributed by atoms with E-state index in [1.807, 2.05) is 26.1 Å². The minimum absolute atomic E-state index is 0.673. The van der Waals surface area contributed by atoms with Crippen LogP contribution in [0.5, 0.6) is 5.75 Å². The SMILES string of the molecule is CCOc1cccc2c(NC)c3c(nc12)CCC3. The standard InChI is InChI=1S/C15H18N2O/c1-3-18-13-9-5-7-11-14(16-2)10-6-4-8-12(10)17-15(11)13/h5,7,9H,3-4,6,8H2,1-2H3,(H,16,17). The van der Waals surface area contributed by atoms with E-state index in [-0.39, 0.29) is 0 Å². The van der Waals surface area contributed by atoms with Crippen LogP contribution in [0.3, 0.4) is 0 Å². The van der Waals surface area contributed by atoms with Crippen molar-refractivity contribution in [2.24, 2.45) is 0 Å². The average molecular weight is 242 g/mol. The lowest BCUT2D eigenvalue weighted by Crippen LogP contribution is -2.01. The summed E-state index contributed by atoms with van der Waals surface area (Å²) in [6.07, 6.45) is 3.42. The number of benzene rings is 1. The van der Waals surface area contributed by atoms with Crippen molar-refractivity contribution in [2.75, 3.05) is 19.0 Å². The summed E-state index contributed by atoms with van der Waals surface area (Å²) in [7, 11) is 1.99.